The molecule has 0 bridgehead atoms. The van der Waals surface area contributed by atoms with Crippen LogP contribution < -0.4 is 10.6 Å². The first-order chi connectivity index (χ1) is 11.4. The predicted octanol–water partition coefficient (Wildman–Crippen LogP) is 2.96. The molecule has 2 aromatic rings. The van der Waals surface area contributed by atoms with Crippen molar-refractivity contribution in [3.05, 3.63) is 28.9 Å². The molecule has 0 unspecified atom stereocenters. The molecule has 2 N–H and O–H groups in total. The van der Waals surface area contributed by atoms with E-state index in [-0.39, 0.29) is 17.2 Å². The summed E-state index contributed by atoms with van der Waals surface area (Å²) in [5.74, 6) is 1.71. The van der Waals surface area contributed by atoms with Gasteiger partial charge in [0.25, 0.3) is 0 Å². The number of anilines is 1. The molecule has 0 saturated carbocycles. The minimum Gasteiger partial charge on any atom is -0.445 e. The highest BCUT2D eigenvalue weighted by Crippen LogP contribution is 2.26. The van der Waals surface area contributed by atoms with Crippen molar-refractivity contribution in [2.75, 3.05) is 18.4 Å². The zero-order valence-corrected chi connectivity index (χ0v) is 15.2. The first-order valence-electron chi connectivity index (χ1n) is 8.33. The third-order valence-electron chi connectivity index (χ3n) is 4.11. The van der Waals surface area contributed by atoms with Crippen molar-refractivity contribution in [3.63, 3.8) is 0 Å². The number of carbonyl (C=O) groups excluding carboxylic acids is 1. The molecule has 1 amide bonds. The number of carbonyl (C=O) groups is 1. The molecule has 1 saturated heterocycles. The van der Waals surface area contributed by atoms with Gasteiger partial charge in [-0.25, -0.2) is 9.97 Å². The highest BCUT2D eigenvalue weighted by molar-refractivity contribution is 7.15. The maximum atomic E-state index is 12.2. The van der Waals surface area contributed by atoms with Gasteiger partial charge in [0.1, 0.15) is 5.76 Å². The van der Waals surface area contributed by atoms with Crippen LogP contribution in [0, 0.1) is 5.92 Å². The van der Waals surface area contributed by atoms with Crippen LogP contribution in [0.3, 0.4) is 0 Å². The minimum atomic E-state index is -0.0487. The average Bonchev–Trinajstić information content (AvgIpc) is 3.18. The van der Waals surface area contributed by atoms with Gasteiger partial charge in [-0.3, -0.25) is 4.79 Å². The van der Waals surface area contributed by atoms with Gasteiger partial charge in [-0.15, -0.1) is 11.3 Å². The summed E-state index contributed by atoms with van der Waals surface area (Å²) < 4.78 is 5.81. The Morgan fingerprint density at radius 3 is 2.75 bits per heavy atom. The molecule has 0 radical (unpaired) electrons. The van der Waals surface area contributed by atoms with Crippen LogP contribution in [-0.4, -0.2) is 29.0 Å². The van der Waals surface area contributed by atoms with E-state index in [0.29, 0.717) is 17.4 Å². The fourth-order valence-corrected chi connectivity index (χ4v) is 3.43. The summed E-state index contributed by atoms with van der Waals surface area (Å²) in [7, 11) is 0. The Morgan fingerprint density at radius 2 is 2.08 bits per heavy atom. The second-order valence-electron chi connectivity index (χ2n) is 7.19. The van der Waals surface area contributed by atoms with Crippen LogP contribution in [-0.2, 0) is 16.6 Å². The van der Waals surface area contributed by atoms with Gasteiger partial charge in [0.15, 0.2) is 11.0 Å². The van der Waals surface area contributed by atoms with E-state index >= 15 is 0 Å². The van der Waals surface area contributed by atoms with Crippen LogP contribution in [0.2, 0.25) is 0 Å². The predicted molar refractivity (Wildman–Crippen MR) is 94.3 cm³/mol. The van der Waals surface area contributed by atoms with Gasteiger partial charge in [0, 0.05) is 22.4 Å². The molecular formula is C17H24N4O2S. The lowest BCUT2D eigenvalue weighted by Crippen LogP contribution is -2.34. The van der Waals surface area contributed by atoms with Crippen LogP contribution in [0.1, 0.15) is 50.1 Å². The van der Waals surface area contributed by atoms with Crippen LogP contribution in [0.4, 0.5) is 5.13 Å². The Bertz CT molecular complexity index is 696. The normalized spacial score (nSPS) is 16.3. The third kappa shape index (κ3) is 4.21. The van der Waals surface area contributed by atoms with E-state index in [4.69, 9.17) is 4.42 Å². The van der Waals surface area contributed by atoms with Gasteiger partial charge < -0.3 is 15.1 Å². The number of rotatable bonds is 4. The molecule has 6 nitrogen and oxygen atoms in total. The van der Waals surface area contributed by atoms with Gasteiger partial charge in [0.05, 0.1) is 12.6 Å². The third-order valence-corrected chi connectivity index (χ3v) is 5.02. The number of nitrogens with zero attached hydrogens (tertiary/aromatic N) is 2. The topological polar surface area (TPSA) is 80.0 Å². The molecule has 1 fully saturated rings. The van der Waals surface area contributed by atoms with E-state index in [1.165, 1.54) is 11.3 Å². The molecule has 130 valence electrons. The fourth-order valence-electron chi connectivity index (χ4n) is 2.63. The lowest BCUT2D eigenvalue weighted by Gasteiger charge is -2.20. The fraction of sp³-hybridized carbons (Fsp3) is 0.588. The van der Waals surface area contributed by atoms with E-state index in [1.54, 1.807) is 12.4 Å². The lowest BCUT2D eigenvalue weighted by molar-refractivity contribution is -0.120. The summed E-state index contributed by atoms with van der Waals surface area (Å²) in [5.41, 5.74) is -0.0487. The first-order valence-corrected chi connectivity index (χ1v) is 9.15. The summed E-state index contributed by atoms with van der Waals surface area (Å²) in [5, 5.41) is 6.85. The van der Waals surface area contributed by atoms with E-state index < -0.39 is 0 Å². The number of aromatic nitrogens is 2. The number of oxazole rings is 1. The maximum absolute atomic E-state index is 12.2. The molecule has 0 atom stereocenters. The molecule has 2 aromatic heterocycles. The molecule has 1 aliphatic rings. The minimum absolute atomic E-state index is 0.0487. The van der Waals surface area contributed by atoms with Crippen molar-refractivity contribution >= 4 is 22.4 Å². The summed E-state index contributed by atoms with van der Waals surface area (Å²) in [6.45, 7) is 8.10. The van der Waals surface area contributed by atoms with Gasteiger partial charge in [-0.05, 0) is 25.9 Å². The van der Waals surface area contributed by atoms with Gasteiger partial charge in [-0.1, -0.05) is 20.8 Å². The van der Waals surface area contributed by atoms with Crippen molar-refractivity contribution in [1.82, 2.24) is 15.3 Å². The zero-order chi connectivity index (χ0) is 17.2. The largest absolute Gasteiger partial charge is 0.445 e. The van der Waals surface area contributed by atoms with E-state index in [0.717, 1.165) is 36.6 Å². The van der Waals surface area contributed by atoms with Crippen molar-refractivity contribution in [2.24, 2.45) is 5.92 Å². The van der Waals surface area contributed by atoms with Gasteiger partial charge in [0.2, 0.25) is 5.91 Å². The molecule has 3 rings (SSSR count). The van der Waals surface area contributed by atoms with E-state index in [9.17, 15) is 4.79 Å². The quantitative estimate of drug-likeness (QED) is 0.888. The molecule has 24 heavy (non-hydrogen) atoms. The van der Waals surface area contributed by atoms with Crippen LogP contribution in [0.15, 0.2) is 16.8 Å². The average molecular weight is 348 g/mol. The standard InChI is InChI=1S/C17H24N4O2S/c1-17(2,3)13-10-19-14(23-13)8-12-9-20-16(24-12)21-15(22)11-4-6-18-7-5-11/h9-11,18H,4-8H2,1-3H3,(H,20,21,22). The zero-order valence-electron chi connectivity index (χ0n) is 14.4. The molecular weight excluding hydrogens is 324 g/mol. The van der Waals surface area contributed by atoms with Crippen molar-refractivity contribution < 1.29 is 9.21 Å². The molecule has 3 heterocycles. The molecule has 0 aliphatic carbocycles. The Kier molecular flexibility index (Phi) is 5.01. The molecule has 0 aromatic carbocycles. The Labute approximate surface area is 146 Å². The second kappa shape index (κ2) is 7.03. The van der Waals surface area contributed by atoms with E-state index in [2.05, 4.69) is 41.4 Å². The highest BCUT2D eigenvalue weighted by atomic mass is 32.1. The number of hydrogen-bond acceptors (Lipinski definition) is 6. The number of hydrogen-bond donors (Lipinski definition) is 2. The number of piperidine rings is 1. The molecule has 7 heteroatoms. The first kappa shape index (κ1) is 17.1. The monoisotopic (exact) mass is 348 g/mol. The summed E-state index contributed by atoms with van der Waals surface area (Å²) in [6.07, 6.45) is 5.93. The Hall–Kier alpha value is -1.73. The van der Waals surface area contributed by atoms with Gasteiger partial charge >= 0.3 is 0 Å². The molecule has 0 spiro atoms. The summed E-state index contributed by atoms with van der Waals surface area (Å²) >= 11 is 1.48. The highest BCUT2D eigenvalue weighted by Gasteiger charge is 2.22. The number of amides is 1. The van der Waals surface area contributed by atoms with Crippen LogP contribution >= 0.6 is 11.3 Å². The van der Waals surface area contributed by atoms with Crippen LogP contribution in [0.5, 0.6) is 0 Å². The van der Waals surface area contributed by atoms with Crippen molar-refractivity contribution in [3.8, 4) is 0 Å². The number of nitrogens with one attached hydrogen (secondary N) is 2. The molecule has 1 aliphatic heterocycles. The lowest BCUT2D eigenvalue weighted by atomic mass is 9.94. The van der Waals surface area contributed by atoms with Crippen molar-refractivity contribution in [2.45, 2.75) is 45.4 Å². The summed E-state index contributed by atoms with van der Waals surface area (Å²) in [6, 6.07) is 0. The maximum Gasteiger partial charge on any atom is 0.229 e. The van der Waals surface area contributed by atoms with Crippen LogP contribution in [0.25, 0.3) is 0 Å². The van der Waals surface area contributed by atoms with Gasteiger partial charge in [-0.2, -0.15) is 0 Å². The second-order valence-corrected chi connectivity index (χ2v) is 8.31. The SMILES string of the molecule is CC(C)(C)c1cnc(Cc2cnc(NC(=O)C3CCNCC3)s2)o1. The van der Waals surface area contributed by atoms with E-state index in [1.807, 2.05) is 0 Å². The summed E-state index contributed by atoms with van der Waals surface area (Å²) in [4.78, 5) is 21.9. The van der Waals surface area contributed by atoms with Crippen molar-refractivity contribution in [1.29, 1.82) is 0 Å². The Morgan fingerprint density at radius 1 is 1.33 bits per heavy atom. The Balaban J connectivity index is 1.59. The number of thiazole rings is 1. The smallest absolute Gasteiger partial charge is 0.229 e.